The lowest BCUT2D eigenvalue weighted by Gasteiger charge is -2.06. The lowest BCUT2D eigenvalue weighted by molar-refractivity contribution is 0.968. The first-order valence-corrected chi connectivity index (χ1v) is 6.30. The van der Waals surface area contributed by atoms with Crippen LogP contribution in [-0.4, -0.2) is 18.9 Å². The highest BCUT2D eigenvalue weighted by Crippen LogP contribution is 2.14. The minimum Gasteiger partial charge on any atom is -0.309 e. The minimum atomic E-state index is -0.197. The molecule has 3 aromatic rings. The fourth-order valence-electron chi connectivity index (χ4n) is 1.57. The third-order valence-corrected chi connectivity index (χ3v) is 2.99. The topological polar surface area (TPSA) is 72.7 Å². The van der Waals surface area contributed by atoms with Crippen LogP contribution >= 0.6 is 11.5 Å². The van der Waals surface area contributed by atoms with Gasteiger partial charge in [-0.25, -0.2) is 14.5 Å². The number of aromatic nitrogens is 4. The van der Waals surface area contributed by atoms with Crippen molar-refractivity contribution in [2.75, 3.05) is 5.32 Å². The summed E-state index contributed by atoms with van der Waals surface area (Å²) in [4.78, 5) is 19.9. The highest BCUT2D eigenvalue weighted by atomic mass is 32.1. The van der Waals surface area contributed by atoms with Gasteiger partial charge in [0.15, 0.2) is 0 Å². The number of hydrogen-bond donors (Lipinski definition) is 1. The predicted molar refractivity (Wildman–Crippen MR) is 73.0 cm³/mol. The van der Waals surface area contributed by atoms with E-state index in [1.54, 1.807) is 30.6 Å². The van der Waals surface area contributed by atoms with Crippen LogP contribution in [0.25, 0.3) is 5.82 Å². The first-order valence-electron chi connectivity index (χ1n) is 5.53. The predicted octanol–water partition coefficient (Wildman–Crippen LogP) is 1.83. The van der Waals surface area contributed by atoms with E-state index >= 15 is 0 Å². The van der Waals surface area contributed by atoms with Gasteiger partial charge in [0.2, 0.25) is 5.95 Å². The lowest BCUT2D eigenvalue weighted by Crippen LogP contribution is -2.14. The van der Waals surface area contributed by atoms with Gasteiger partial charge in [-0.05, 0) is 24.3 Å². The maximum absolute atomic E-state index is 11.8. The highest BCUT2D eigenvalue weighted by molar-refractivity contribution is 7.03. The molecule has 0 amide bonds. The molecule has 0 fully saturated rings. The van der Waals surface area contributed by atoms with E-state index in [1.165, 1.54) is 4.57 Å². The Balaban J connectivity index is 2.03. The molecule has 3 heterocycles. The SMILES string of the molecule is O=c1snc(Nc2ccccn2)n1-c1ccccn1. The summed E-state index contributed by atoms with van der Waals surface area (Å²) in [6.07, 6.45) is 3.29. The fourth-order valence-corrected chi connectivity index (χ4v) is 2.12. The monoisotopic (exact) mass is 271 g/mol. The number of nitrogens with zero attached hydrogens (tertiary/aromatic N) is 4. The standard InChI is InChI=1S/C12H9N5OS/c18-12-17(10-6-2-4-8-14-10)11(16-19-12)15-9-5-1-3-7-13-9/h1-8H,(H,13,15,16). The van der Waals surface area contributed by atoms with Gasteiger partial charge in [0, 0.05) is 23.9 Å². The summed E-state index contributed by atoms with van der Waals surface area (Å²) in [5.74, 6) is 1.56. The van der Waals surface area contributed by atoms with Gasteiger partial charge in [-0.2, -0.15) is 4.37 Å². The van der Waals surface area contributed by atoms with Crippen molar-refractivity contribution in [3.05, 3.63) is 58.5 Å². The van der Waals surface area contributed by atoms with Gasteiger partial charge in [-0.1, -0.05) is 12.1 Å². The van der Waals surface area contributed by atoms with E-state index in [9.17, 15) is 4.79 Å². The van der Waals surface area contributed by atoms with Crippen molar-refractivity contribution in [1.82, 2.24) is 18.9 Å². The highest BCUT2D eigenvalue weighted by Gasteiger charge is 2.11. The molecule has 6 nitrogen and oxygen atoms in total. The molecule has 3 rings (SSSR count). The molecule has 94 valence electrons. The van der Waals surface area contributed by atoms with Crippen molar-refractivity contribution < 1.29 is 0 Å². The molecule has 3 aromatic heterocycles. The molecule has 1 N–H and O–H groups in total. The van der Waals surface area contributed by atoms with Crippen LogP contribution in [0.3, 0.4) is 0 Å². The molecule has 0 radical (unpaired) electrons. The minimum absolute atomic E-state index is 0.197. The smallest absolute Gasteiger partial charge is 0.309 e. The molecule has 7 heteroatoms. The normalized spacial score (nSPS) is 10.3. The van der Waals surface area contributed by atoms with Gasteiger partial charge >= 0.3 is 4.87 Å². The molecule has 0 aliphatic heterocycles. The summed E-state index contributed by atoms with van der Waals surface area (Å²) in [7, 11) is 0. The van der Waals surface area contributed by atoms with E-state index in [0.717, 1.165) is 11.5 Å². The third-order valence-electron chi connectivity index (χ3n) is 2.39. The van der Waals surface area contributed by atoms with E-state index in [1.807, 2.05) is 18.2 Å². The van der Waals surface area contributed by atoms with Gasteiger partial charge in [-0.15, -0.1) is 0 Å². The van der Waals surface area contributed by atoms with E-state index in [2.05, 4.69) is 19.7 Å². The molecule has 0 aliphatic rings. The average Bonchev–Trinajstić information content (AvgIpc) is 2.82. The molecule has 0 aromatic carbocycles. The number of anilines is 2. The molecule has 0 spiro atoms. The molecular formula is C12H9N5OS. The summed E-state index contributed by atoms with van der Waals surface area (Å²) in [5.41, 5.74) is 0. The average molecular weight is 271 g/mol. The Labute approximate surface area is 112 Å². The molecule has 0 saturated heterocycles. The summed E-state index contributed by atoms with van der Waals surface area (Å²) in [5, 5.41) is 3.00. The second-order valence-corrected chi connectivity index (χ2v) is 4.35. The zero-order chi connectivity index (χ0) is 13.1. The van der Waals surface area contributed by atoms with Crippen molar-refractivity contribution in [2.45, 2.75) is 0 Å². The van der Waals surface area contributed by atoms with Gasteiger partial charge in [0.05, 0.1) is 0 Å². The van der Waals surface area contributed by atoms with Crippen LogP contribution in [0.4, 0.5) is 11.8 Å². The Morgan fingerprint density at radius 2 is 1.84 bits per heavy atom. The Bertz CT molecular complexity index is 723. The first kappa shape index (κ1) is 11.5. The second kappa shape index (κ2) is 4.99. The summed E-state index contributed by atoms with van der Waals surface area (Å²) >= 11 is 0.872. The van der Waals surface area contributed by atoms with Crippen LogP contribution < -0.4 is 10.2 Å². The quantitative estimate of drug-likeness (QED) is 0.786. The molecule has 0 atom stereocenters. The van der Waals surface area contributed by atoms with Crippen LogP contribution in [-0.2, 0) is 0 Å². The second-order valence-electron chi connectivity index (χ2n) is 3.64. The van der Waals surface area contributed by atoms with Crippen molar-refractivity contribution in [3.8, 4) is 5.82 Å². The number of nitrogens with one attached hydrogen (secondary N) is 1. The van der Waals surface area contributed by atoms with Crippen molar-refractivity contribution in [2.24, 2.45) is 0 Å². The Kier molecular flexibility index (Phi) is 3.03. The van der Waals surface area contributed by atoms with E-state index < -0.39 is 0 Å². The Morgan fingerprint density at radius 1 is 1.05 bits per heavy atom. The van der Waals surface area contributed by atoms with Crippen molar-refractivity contribution in [3.63, 3.8) is 0 Å². The van der Waals surface area contributed by atoms with Gasteiger partial charge in [-0.3, -0.25) is 4.79 Å². The van der Waals surface area contributed by atoms with Gasteiger partial charge in [0.1, 0.15) is 11.6 Å². The lowest BCUT2D eigenvalue weighted by atomic mass is 10.4. The van der Waals surface area contributed by atoms with Crippen LogP contribution in [0.2, 0.25) is 0 Å². The summed E-state index contributed by atoms with van der Waals surface area (Å²) in [6.45, 7) is 0. The van der Waals surface area contributed by atoms with Crippen LogP contribution in [0, 0.1) is 0 Å². The largest absolute Gasteiger partial charge is 0.333 e. The third kappa shape index (κ3) is 2.36. The molecule has 0 unspecified atom stereocenters. The van der Waals surface area contributed by atoms with E-state index in [0.29, 0.717) is 17.6 Å². The van der Waals surface area contributed by atoms with E-state index in [-0.39, 0.29) is 4.87 Å². The van der Waals surface area contributed by atoms with Crippen LogP contribution in [0.5, 0.6) is 0 Å². The summed E-state index contributed by atoms with van der Waals surface area (Å²) in [6, 6.07) is 10.8. The van der Waals surface area contributed by atoms with Crippen LogP contribution in [0.15, 0.2) is 53.6 Å². The fraction of sp³-hybridized carbons (Fsp3) is 0. The number of pyridine rings is 2. The first-order chi connectivity index (χ1) is 9.34. The van der Waals surface area contributed by atoms with E-state index in [4.69, 9.17) is 0 Å². The zero-order valence-corrected chi connectivity index (χ0v) is 10.5. The Morgan fingerprint density at radius 3 is 2.53 bits per heavy atom. The maximum Gasteiger partial charge on any atom is 0.333 e. The van der Waals surface area contributed by atoms with Gasteiger partial charge < -0.3 is 5.32 Å². The number of rotatable bonds is 3. The molecular weight excluding hydrogens is 262 g/mol. The summed E-state index contributed by atoms with van der Waals surface area (Å²) < 4.78 is 5.50. The number of hydrogen-bond acceptors (Lipinski definition) is 6. The maximum atomic E-state index is 11.8. The van der Waals surface area contributed by atoms with Crippen molar-refractivity contribution in [1.29, 1.82) is 0 Å². The molecule has 0 saturated carbocycles. The Hall–Kier alpha value is -2.54. The molecule has 0 bridgehead atoms. The van der Waals surface area contributed by atoms with Gasteiger partial charge in [0.25, 0.3) is 0 Å². The molecule has 19 heavy (non-hydrogen) atoms. The zero-order valence-electron chi connectivity index (χ0n) is 9.72. The van der Waals surface area contributed by atoms with Crippen molar-refractivity contribution >= 4 is 23.3 Å². The van der Waals surface area contributed by atoms with Crippen LogP contribution in [0.1, 0.15) is 0 Å². The molecule has 0 aliphatic carbocycles.